The van der Waals surface area contributed by atoms with Crippen molar-refractivity contribution in [3.8, 4) is 0 Å². The van der Waals surface area contributed by atoms with Gasteiger partial charge >= 0.3 is 0 Å². The number of rotatable bonds is 3. The summed E-state index contributed by atoms with van der Waals surface area (Å²) < 4.78 is 0. The fourth-order valence-electron chi connectivity index (χ4n) is 3.31. The van der Waals surface area contributed by atoms with Gasteiger partial charge in [-0.05, 0) is 57.1 Å². The summed E-state index contributed by atoms with van der Waals surface area (Å²) in [6.45, 7) is 8.00. The molecular weight excluding hydrogens is 314 g/mol. The van der Waals surface area contributed by atoms with E-state index >= 15 is 0 Å². The van der Waals surface area contributed by atoms with Crippen LogP contribution in [0.4, 0.5) is 0 Å². The van der Waals surface area contributed by atoms with Crippen LogP contribution in [0.15, 0.2) is 12.1 Å². The van der Waals surface area contributed by atoms with E-state index in [0.717, 1.165) is 48.0 Å². The number of piperidine rings is 1. The molecule has 1 atom stereocenters. The Balaban J connectivity index is 2.19. The Morgan fingerprint density at radius 1 is 1.30 bits per heavy atom. The molecule has 20 heavy (non-hydrogen) atoms. The van der Waals surface area contributed by atoms with E-state index in [1.807, 2.05) is 13.8 Å². The van der Waals surface area contributed by atoms with Crippen LogP contribution in [0.3, 0.4) is 0 Å². The average Bonchev–Trinajstić information content (AvgIpc) is 2.38. The van der Waals surface area contributed by atoms with E-state index in [1.54, 1.807) is 0 Å². The van der Waals surface area contributed by atoms with Crippen molar-refractivity contribution in [1.82, 2.24) is 4.90 Å². The zero-order chi connectivity index (χ0) is 14.7. The first-order valence-corrected chi connectivity index (χ1v) is 8.58. The van der Waals surface area contributed by atoms with Crippen LogP contribution < -0.4 is 0 Å². The lowest BCUT2D eigenvalue weighted by Gasteiger charge is -2.33. The Bertz CT molecular complexity index is 473. The number of likely N-dealkylation sites (tertiary alicyclic amines) is 1. The molecule has 1 aliphatic rings. The summed E-state index contributed by atoms with van der Waals surface area (Å²) in [6.07, 6.45) is 3.55. The molecule has 1 fully saturated rings. The zero-order valence-electron chi connectivity index (χ0n) is 12.7. The third-order valence-corrected chi connectivity index (χ3v) is 4.67. The number of benzene rings is 1. The highest BCUT2D eigenvalue weighted by atomic mass is 79.9. The number of amides is 1. The Kier molecular flexibility index (Phi) is 5.25. The number of hydrogen-bond donors (Lipinski definition) is 0. The van der Waals surface area contributed by atoms with Gasteiger partial charge in [0.15, 0.2) is 0 Å². The number of halogens is 1. The summed E-state index contributed by atoms with van der Waals surface area (Å²) in [5.41, 5.74) is 4.35. The third-order valence-electron chi connectivity index (χ3n) is 4.21. The van der Waals surface area contributed by atoms with E-state index in [2.05, 4.69) is 39.9 Å². The molecule has 0 saturated carbocycles. The van der Waals surface area contributed by atoms with E-state index in [-0.39, 0.29) is 5.91 Å². The lowest BCUT2D eigenvalue weighted by Crippen LogP contribution is -2.40. The predicted octanol–water partition coefficient (Wildman–Crippen LogP) is 4.25. The van der Waals surface area contributed by atoms with Gasteiger partial charge in [0.25, 0.3) is 5.91 Å². The van der Waals surface area contributed by atoms with Crippen LogP contribution in [0.1, 0.15) is 46.3 Å². The second kappa shape index (κ2) is 6.75. The molecule has 0 N–H and O–H groups in total. The largest absolute Gasteiger partial charge is 0.338 e. The second-order valence-corrected chi connectivity index (χ2v) is 6.80. The van der Waals surface area contributed by atoms with Crippen LogP contribution in [0.25, 0.3) is 0 Å². The molecule has 2 nitrogen and oxygen atoms in total. The number of carbonyl (C=O) groups excluding carboxylic acids is 1. The standard InChI is InChI=1S/C17H24BrNO/c1-12-9-13(2)16(14(3)10-12)17(20)19-8-4-5-15(11-19)6-7-18/h9-10,15H,4-8,11H2,1-3H3. The van der Waals surface area contributed by atoms with Gasteiger partial charge in [0, 0.05) is 24.0 Å². The lowest BCUT2D eigenvalue weighted by atomic mass is 9.93. The van der Waals surface area contributed by atoms with E-state index < -0.39 is 0 Å². The fourth-order valence-corrected chi connectivity index (χ4v) is 3.96. The minimum Gasteiger partial charge on any atom is -0.338 e. The van der Waals surface area contributed by atoms with E-state index in [9.17, 15) is 4.79 Å². The van der Waals surface area contributed by atoms with Gasteiger partial charge < -0.3 is 4.90 Å². The van der Waals surface area contributed by atoms with Crippen LogP contribution in [-0.2, 0) is 0 Å². The van der Waals surface area contributed by atoms with Crippen molar-refractivity contribution in [2.24, 2.45) is 5.92 Å². The maximum absolute atomic E-state index is 12.8. The molecule has 1 aliphatic heterocycles. The summed E-state index contributed by atoms with van der Waals surface area (Å²) in [4.78, 5) is 14.9. The van der Waals surface area contributed by atoms with Gasteiger partial charge in [0.05, 0.1) is 0 Å². The van der Waals surface area contributed by atoms with Crippen molar-refractivity contribution in [2.75, 3.05) is 18.4 Å². The van der Waals surface area contributed by atoms with Gasteiger partial charge in [-0.3, -0.25) is 4.79 Å². The van der Waals surface area contributed by atoms with E-state index in [1.165, 1.54) is 12.0 Å². The summed E-state index contributed by atoms with van der Waals surface area (Å²) in [5, 5.41) is 1.03. The van der Waals surface area contributed by atoms with E-state index in [0.29, 0.717) is 5.92 Å². The molecule has 1 saturated heterocycles. The molecule has 0 radical (unpaired) electrons. The maximum Gasteiger partial charge on any atom is 0.254 e. The highest BCUT2D eigenvalue weighted by Gasteiger charge is 2.25. The van der Waals surface area contributed by atoms with Crippen molar-refractivity contribution >= 4 is 21.8 Å². The first-order valence-electron chi connectivity index (χ1n) is 7.46. The lowest BCUT2D eigenvalue weighted by molar-refractivity contribution is 0.0670. The van der Waals surface area contributed by atoms with Gasteiger partial charge in [-0.15, -0.1) is 0 Å². The topological polar surface area (TPSA) is 20.3 Å². The SMILES string of the molecule is Cc1cc(C)c(C(=O)N2CCCC(CCBr)C2)c(C)c1. The van der Waals surface area contributed by atoms with Gasteiger partial charge in [-0.25, -0.2) is 0 Å². The van der Waals surface area contributed by atoms with Gasteiger partial charge in [0.2, 0.25) is 0 Å². The Morgan fingerprint density at radius 2 is 1.95 bits per heavy atom. The van der Waals surface area contributed by atoms with Gasteiger partial charge in [0.1, 0.15) is 0 Å². The first-order chi connectivity index (χ1) is 9.52. The number of alkyl halides is 1. The minimum absolute atomic E-state index is 0.222. The second-order valence-electron chi connectivity index (χ2n) is 6.01. The minimum atomic E-state index is 0.222. The molecule has 1 unspecified atom stereocenters. The van der Waals surface area contributed by atoms with Crippen molar-refractivity contribution in [2.45, 2.75) is 40.0 Å². The van der Waals surface area contributed by atoms with E-state index in [4.69, 9.17) is 0 Å². The molecule has 1 heterocycles. The Morgan fingerprint density at radius 3 is 2.55 bits per heavy atom. The van der Waals surface area contributed by atoms with Crippen molar-refractivity contribution in [1.29, 1.82) is 0 Å². The van der Waals surface area contributed by atoms with Crippen LogP contribution in [0.2, 0.25) is 0 Å². The molecule has 110 valence electrons. The number of carbonyl (C=O) groups is 1. The van der Waals surface area contributed by atoms with Crippen LogP contribution in [0.5, 0.6) is 0 Å². The molecule has 0 aromatic heterocycles. The van der Waals surface area contributed by atoms with Gasteiger partial charge in [-0.1, -0.05) is 33.6 Å². The van der Waals surface area contributed by atoms with Gasteiger partial charge in [-0.2, -0.15) is 0 Å². The normalized spacial score (nSPS) is 19.2. The molecule has 1 aromatic carbocycles. The number of nitrogens with zero attached hydrogens (tertiary/aromatic N) is 1. The molecule has 0 bridgehead atoms. The summed E-state index contributed by atoms with van der Waals surface area (Å²) in [6, 6.07) is 4.22. The summed E-state index contributed by atoms with van der Waals surface area (Å²) in [5.74, 6) is 0.873. The highest BCUT2D eigenvalue weighted by molar-refractivity contribution is 9.09. The Hall–Kier alpha value is -0.830. The number of hydrogen-bond acceptors (Lipinski definition) is 1. The molecule has 3 heteroatoms. The number of aryl methyl sites for hydroxylation is 3. The maximum atomic E-state index is 12.8. The molecule has 0 spiro atoms. The van der Waals surface area contributed by atoms with Crippen molar-refractivity contribution in [3.05, 3.63) is 34.4 Å². The highest BCUT2D eigenvalue weighted by Crippen LogP contribution is 2.24. The quantitative estimate of drug-likeness (QED) is 0.755. The molecule has 2 rings (SSSR count). The van der Waals surface area contributed by atoms with Crippen molar-refractivity contribution in [3.63, 3.8) is 0 Å². The van der Waals surface area contributed by atoms with Crippen LogP contribution >= 0.6 is 15.9 Å². The molecular formula is C17H24BrNO. The molecule has 0 aliphatic carbocycles. The monoisotopic (exact) mass is 337 g/mol. The first kappa shape index (κ1) is 15.6. The summed E-state index contributed by atoms with van der Waals surface area (Å²) in [7, 11) is 0. The summed E-state index contributed by atoms with van der Waals surface area (Å²) >= 11 is 3.51. The fraction of sp³-hybridized carbons (Fsp3) is 0.588. The predicted molar refractivity (Wildman–Crippen MR) is 87.7 cm³/mol. The average molecular weight is 338 g/mol. The molecule has 1 aromatic rings. The van der Waals surface area contributed by atoms with Crippen LogP contribution in [0, 0.1) is 26.7 Å². The molecule has 1 amide bonds. The smallest absolute Gasteiger partial charge is 0.254 e. The zero-order valence-corrected chi connectivity index (χ0v) is 14.3. The Labute approximate surface area is 130 Å². The van der Waals surface area contributed by atoms with Crippen molar-refractivity contribution < 1.29 is 4.79 Å². The third kappa shape index (κ3) is 3.43. The van der Waals surface area contributed by atoms with Crippen LogP contribution in [-0.4, -0.2) is 29.2 Å².